The van der Waals surface area contributed by atoms with Gasteiger partial charge in [0.05, 0.1) is 35.1 Å². The summed E-state index contributed by atoms with van der Waals surface area (Å²) in [6, 6.07) is 34.0. The minimum Gasteiger partial charge on any atom is -0.391 e. The number of hydrogen-bond acceptors (Lipinski definition) is 7. The zero-order valence-corrected chi connectivity index (χ0v) is 28.2. The summed E-state index contributed by atoms with van der Waals surface area (Å²) in [5, 5.41) is 20.7. The number of nitrogens with one attached hydrogen (secondary N) is 4. The quantitative estimate of drug-likeness (QED) is 0.0938. The van der Waals surface area contributed by atoms with E-state index in [0.29, 0.717) is 11.3 Å². The van der Waals surface area contributed by atoms with Crippen LogP contribution in [0.5, 0.6) is 0 Å². The summed E-state index contributed by atoms with van der Waals surface area (Å²) in [6.07, 6.45) is -1.52. The fraction of sp³-hybridized carbons (Fsp3) is 0.200. The van der Waals surface area contributed by atoms with Crippen LogP contribution in [-0.4, -0.2) is 61.9 Å². The third kappa shape index (κ3) is 9.03. The number of benzene rings is 4. The van der Waals surface area contributed by atoms with Gasteiger partial charge in [0.15, 0.2) is 0 Å². The van der Waals surface area contributed by atoms with Crippen molar-refractivity contribution in [3.63, 3.8) is 0 Å². The molecule has 7 N–H and O–H groups in total. The van der Waals surface area contributed by atoms with Crippen LogP contribution >= 0.6 is 0 Å². The van der Waals surface area contributed by atoms with Gasteiger partial charge in [0.25, 0.3) is 5.91 Å². The maximum atomic E-state index is 13.7. The van der Waals surface area contributed by atoms with Crippen molar-refractivity contribution >= 4 is 45.6 Å². The molecule has 0 aliphatic rings. The first kappa shape index (κ1) is 35.4. The lowest BCUT2D eigenvalue weighted by Crippen LogP contribution is -2.54. The van der Waals surface area contributed by atoms with Crippen LogP contribution in [0.25, 0.3) is 21.9 Å². The molecule has 4 atom stereocenters. The van der Waals surface area contributed by atoms with Crippen LogP contribution in [-0.2, 0) is 20.8 Å². The van der Waals surface area contributed by atoms with Gasteiger partial charge in [-0.1, -0.05) is 97.1 Å². The van der Waals surface area contributed by atoms with Gasteiger partial charge in [0.1, 0.15) is 23.6 Å². The number of carbonyl (C=O) groups is 4. The molecule has 0 aliphatic heterocycles. The minimum atomic E-state index is -1.34. The number of amides is 4. The molecule has 0 spiro atoms. The lowest BCUT2D eigenvalue weighted by Gasteiger charge is -2.27. The number of nitrogens with zero attached hydrogens (tertiary/aromatic N) is 2. The standard InChI is InChI=1S/C40H39N7O5/c41-35(49)24-33(46-39(51)31-20-19-26-13-7-8-16-28(26)42-31)40(52)45-32(23-25-11-3-1-4-12-25)34(48)21-22-36(50)47-37(27-14-5-2-6-15-27)38-43-29-17-9-10-18-30(29)44-38/h1-20,32-34,37,48H,21-24H2,(H2,41,49)(H,43,44)(H,45,52)(H,46,51)(H,47,50)/t32?,33-,34-,37?/m0/s1. The maximum absolute atomic E-state index is 13.7. The Morgan fingerprint density at radius 2 is 1.40 bits per heavy atom. The van der Waals surface area contributed by atoms with Gasteiger partial charge in [0, 0.05) is 11.8 Å². The predicted octanol–water partition coefficient (Wildman–Crippen LogP) is 3.86. The molecular formula is C40H39N7O5. The van der Waals surface area contributed by atoms with Crippen molar-refractivity contribution < 1.29 is 24.3 Å². The van der Waals surface area contributed by atoms with Crippen LogP contribution in [0.4, 0.5) is 0 Å². The predicted molar refractivity (Wildman–Crippen MR) is 197 cm³/mol. The lowest BCUT2D eigenvalue weighted by molar-refractivity contribution is -0.128. The molecule has 0 aliphatic carbocycles. The minimum absolute atomic E-state index is 0.000884. The number of pyridine rings is 1. The van der Waals surface area contributed by atoms with Crippen molar-refractivity contribution in [2.24, 2.45) is 5.73 Å². The first-order valence-corrected chi connectivity index (χ1v) is 17.0. The molecule has 2 heterocycles. The Balaban J connectivity index is 1.15. The highest BCUT2D eigenvalue weighted by molar-refractivity contribution is 5.99. The Morgan fingerprint density at radius 3 is 2.13 bits per heavy atom. The number of imidazole rings is 1. The highest BCUT2D eigenvalue weighted by Crippen LogP contribution is 2.23. The molecule has 4 aromatic carbocycles. The van der Waals surface area contributed by atoms with E-state index >= 15 is 0 Å². The van der Waals surface area contributed by atoms with Crippen molar-refractivity contribution in [2.75, 3.05) is 0 Å². The summed E-state index contributed by atoms with van der Waals surface area (Å²) in [4.78, 5) is 64.7. The average Bonchev–Trinajstić information content (AvgIpc) is 3.60. The van der Waals surface area contributed by atoms with Crippen molar-refractivity contribution in [1.29, 1.82) is 0 Å². The maximum Gasteiger partial charge on any atom is 0.270 e. The summed E-state index contributed by atoms with van der Waals surface area (Å²) >= 11 is 0. The first-order valence-electron chi connectivity index (χ1n) is 17.0. The number of H-pyrrole nitrogens is 1. The van der Waals surface area contributed by atoms with Gasteiger partial charge in [-0.2, -0.15) is 0 Å². The Kier molecular flexibility index (Phi) is 11.3. The molecule has 0 bridgehead atoms. The molecule has 0 radical (unpaired) electrons. The van der Waals surface area contributed by atoms with E-state index in [9.17, 15) is 24.3 Å². The van der Waals surface area contributed by atoms with E-state index in [0.717, 1.165) is 27.5 Å². The smallest absolute Gasteiger partial charge is 0.270 e. The van der Waals surface area contributed by atoms with Crippen LogP contribution in [0.3, 0.4) is 0 Å². The van der Waals surface area contributed by atoms with Crippen molar-refractivity contribution in [3.8, 4) is 0 Å². The number of para-hydroxylation sites is 3. The summed E-state index contributed by atoms with van der Waals surface area (Å²) in [5.74, 6) is -1.95. The SMILES string of the molecule is NC(=O)C[C@H](NC(=O)c1ccc2ccccc2n1)C(=O)NC(Cc1ccccc1)[C@@H](O)CCC(=O)NC(c1ccccc1)c1nc2ccccc2[nH]1. The second-order valence-corrected chi connectivity index (χ2v) is 12.5. The molecule has 2 aromatic heterocycles. The molecule has 6 rings (SSSR count). The number of fused-ring (bicyclic) bond motifs is 2. The van der Waals surface area contributed by atoms with Crippen molar-refractivity contribution in [3.05, 3.63) is 144 Å². The van der Waals surface area contributed by atoms with E-state index in [2.05, 4.69) is 25.9 Å². The van der Waals surface area contributed by atoms with Crippen LogP contribution in [0, 0.1) is 0 Å². The number of rotatable bonds is 15. The molecule has 2 unspecified atom stereocenters. The number of carbonyl (C=O) groups excluding carboxylic acids is 4. The summed E-state index contributed by atoms with van der Waals surface area (Å²) in [6.45, 7) is 0. The van der Waals surface area contributed by atoms with Crippen LogP contribution in [0.1, 0.15) is 52.7 Å². The van der Waals surface area contributed by atoms with E-state index in [1.54, 1.807) is 18.2 Å². The Bertz CT molecular complexity index is 2140. The second-order valence-electron chi connectivity index (χ2n) is 12.5. The highest BCUT2D eigenvalue weighted by atomic mass is 16.3. The Morgan fingerprint density at radius 1 is 0.731 bits per heavy atom. The Labute approximate surface area is 299 Å². The average molecular weight is 698 g/mol. The van der Waals surface area contributed by atoms with Gasteiger partial charge >= 0.3 is 0 Å². The summed E-state index contributed by atoms with van der Waals surface area (Å²) < 4.78 is 0. The molecule has 52 heavy (non-hydrogen) atoms. The molecular weight excluding hydrogens is 658 g/mol. The van der Waals surface area contributed by atoms with E-state index in [-0.39, 0.29) is 30.9 Å². The molecule has 12 heteroatoms. The lowest BCUT2D eigenvalue weighted by atomic mass is 9.97. The second kappa shape index (κ2) is 16.5. The van der Waals surface area contributed by atoms with Crippen LogP contribution < -0.4 is 21.7 Å². The van der Waals surface area contributed by atoms with E-state index in [1.807, 2.05) is 97.1 Å². The molecule has 6 aromatic rings. The molecule has 12 nitrogen and oxygen atoms in total. The normalized spacial score (nSPS) is 13.5. The molecule has 0 saturated heterocycles. The third-order valence-corrected chi connectivity index (χ3v) is 8.74. The first-order chi connectivity index (χ1) is 25.2. The number of aliphatic hydroxyl groups is 1. The van der Waals surface area contributed by atoms with Gasteiger partial charge in [-0.05, 0) is 48.2 Å². The van der Waals surface area contributed by atoms with Gasteiger partial charge in [-0.3, -0.25) is 19.2 Å². The van der Waals surface area contributed by atoms with Gasteiger partial charge in [-0.25, -0.2) is 9.97 Å². The van der Waals surface area contributed by atoms with E-state index < -0.39 is 48.4 Å². The van der Waals surface area contributed by atoms with Gasteiger partial charge < -0.3 is 31.8 Å². The van der Waals surface area contributed by atoms with Gasteiger partial charge in [0.2, 0.25) is 17.7 Å². The number of hydrogen-bond donors (Lipinski definition) is 6. The molecule has 264 valence electrons. The number of aromatic nitrogens is 3. The molecule has 0 fully saturated rings. The van der Waals surface area contributed by atoms with Gasteiger partial charge in [-0.15, -0.1) is 0 Å². The summed E-state index contributed by atoms with van der Waals surface area (Å²) in [5.41, 5.74) is 9.37. The van der Waals surface area contributed by atoms with Crippen LogP contribution in [0.2, 0.25) is 0 Å². The van der Waals surface area contributed by atoms with Crippen molar-refractivity contribution in [2.45, 2.75) is 49.9 Å². The number of aromatic amines is 1. The number of primary amides is 1. The number of nitrogens with two attached hydrogens (primary N) is 1. The van der Waals surface area contributed by atoms with Crippen LogP contribution in [0.15, 0.2) is 121 Å². The fourth-order valence-electron chi connectivity index (χ4n) is 6.05. The fourth-order valence-corrected chi connectivity index (χ4v) is 6.05. The van der Waals surface area contributed by atoms with E-state index in [4.69, 9.17) is 10.7 Å². The molecule has 0 saturated carbocycles. The van der Waals surface area contributed by atoms with E-state index in [1.165, 1.54) is 6.07 Å². The Hall–Kier alpha value is -6.40. The monoisotopic (exact) mass is 697 g/mol. The topological polar surface area (TPSA) is 192 Å². The third-order valence-electron chi connectivity index (χ3n) is 8.74. The molecule has 4 amide bonds. The zero-order valence-electron chi connectivity index (χ0n) is 28.2. The number of aliphatic hydroxyl groups excluding tert-OH is 1. The highest BCUT2D eigenvalue weighted by Gasteiger charge is 2.30. The van der Waals surface area contributed by atoms with Crippen molar-refractivity contribution in [1.82, 2.24) is 30.9 Å². The summed E-state index contributed by atoms with van der Waals surface area (Å²) in [7, 11) is 0. The largest absolute Gasteiger partial charge is 0.391 e. The zero-order chi connectivity index (χ0) is 36.5.